The molecule has 0 saturated carbocycles. The van der Waals surface area contributed by atoms with E-state index >= 15 is 0 Å². The number of aryl methyl sites for hydroxylation is 1. The van der Waals surface area contributed by atoms with Crippen molar-refractivity contribution in [3.05, 3.63) is 62.9 Å². The van der Waals surface area contributed by atoms with Crippen molar-refractivity contribution in [3.63, 3.8) is 0 Å². The molecule has 0 aliphatic rings. The minimum Gasteiger partial charge on any atom is -0.481 e. The maximum atomic E-state index is 11.8. The molecule has 1 aromatic heterocycles. The van der Waals surface area contributed by atoms with Crippen molar-refractivity contribution < 1.29 is 14.7 Å². The lowest BCUT2D eigenvalue weighted by Gasteiger charge is -2.07. The number of aliphatic carboxylic acids is 1. The Kier molecular flexibility index (Phi) is 5.08. The summed E-state index contributed by atoms with van der Waals surface area (Å²) in [5, 5.41) is 11.3. The molecule has 1 amide bonds. The Morgan fingerprint density at radius 2 is 1.83 bits per heavy atom. The van der Waals surface area contributed by atoms with Gasteiger partial charge in [0, 0.05) is 30.9 Å². The lowest BCUT2D eigenvalue weighted by molar-refractivity contribution is -0.136. The van der Waals surface area contributed by atoms with Gasteiger partial charge >= 0.3 is 11.7 Å². The number of carbonyl (C=O) groups excluding carboxylic acids is 1. The second-order valence-corrected chi connectivity index (χ2v) is 4.87. The smallest absolute Gasteiger partial charge is 0.328 e. The number of anilines is 1. The molecule has 1 aromatic carbocycles. The number of benzene rings is 1. The quantitative estimate of drug-likeness (QED) is 0.702. The SMILES string of the molecule is O=C(O)Cc1ccc(NC(=O)CCn2ccc(=O)[nH]c2=O)cc1. The highest BCUT2D eigenvalue weighted by Gasteiger charge is 2.05. The van der Waals surface area contributed by atoms with Gasteiger partial charge in [0.1, 0.15) is 0 Å². The number of carboxylic acid groups (broad SMARTS) is 1. The zero-order valence-corrected chi connectivity index (χ0v) is 12.1. The van der Waals surface area contributed by atoms with Gasteiger partial charge in [-0.05, 0) is 17.7 Å². The van der Waals surface area contributed by atoms with Gasteiger partial charge in [0.15, 0.2) is 0 Å². The highest BCUT2D eigenvalue weighted by molar-refractivity contribution is 5.90. The van der Waals surface area contributed by atoms with Gasteiger partial charge in [-0.3, -0.25) is 19.4 Å². The number of aromatic nitrogens is 2. The minimum absolute atomic E-state index is 0.0584. The minimum atomic E-state index is -0.923. The topological polar surface area (TPSA) is 121 Å². The van der Waals surface area contributed by atoms with Gasteiger partial charge in [-0.25, -0.2) is 4.79 Å². The highest BCUT2D eigenvalue weighted by Crippen LogP contribution is 2.10. The highest BCUT2D eigenvalue weighted by atomic mass is 16.4. The van der Waals surface area contributed by atoms with E-state index < -0.39 is 17.2 Å². The van der Waals surface area contributed by atoms with Crippen molar-refractivity contribution in [2.75, 3.05) is 5.32 Å². The third kappa shape index (κ3) is 4.95. The van der Waals surface area contributed by atoms with Crippen LogP contribution in [0, 0.1) is 0 Å². The maximum Gasteiger partial charge on any atom is 0.328 e. The molecule has 0 unspecified atom stereocenters. The molecule has 0 fully saturated rings. The summed E-state index contributed by atoms with van der Waals surface area (Å²) < 4.78 is 1.23. The molecule has 3 N–H and O–H groups in total. The Hall–Kier alpha value is -3.16. The average molecular weight is 317 g/mol. The van der Waals surface area contributed by atoms with Gasteiger partial charge in [0.25, 0.3) is 5.56 Å². The number of rotatable bonds is 6. The normalized spacial score (nSPS) is 10.3. The summed E-state index contributed by atoms with van der Waals surface area (Å²) in [6, 6.07) is 7.68. The van der Waals surface area contributed by atoms with Crippen LogP contribution in [0.4, 0.5) is 5.69 Å². The van der Waals surface area contributed by atoms with Crippen LogP contribution in [0.5, 0.6) is 0 Å². The van der Waals surface area contributed by atoms with Crippen molar-refractivity contribution >= 4 is 17.6 Å². The molecule has 8 heteroatoms. The lowest BCUT2D eigenvalue weighted by atomic mass is 10.1. The first-order valence-electron chi connectivity index (χ1n) is 6.84. The number of aromatic amines is 1. The predicted molar refractivity (Wildman–Crippen MR) is 82.4 cm³/mol. The van der Waals surface area contributed by atoms with E-state index in [1.807, 2.05) is 0 Å². The summed E-state index contributed by atoms with van der Waals surface area (Å²) >= 11 is 0. The maximum absolute atomic E-state index is 11.8. The van der Waals surface area contributed by atoms with Crippen LogP contribution in [0.3, 0.4) is 0 Å². The molecular formula is C15H15N3O5. The molecule has 0 radical (unpaired) electrons. The van der Waals surface area contributed by atoms with Crippen LogP contribution < -0.4 is 16.6 Å². The predicted octanol–water partition coefficient (Wildman–Crippen LogP) is 0.192. The van der Waals surface area contributed by atoms with E-state index in [1.54, 1.807) is 24.3 Å². The fourth-order valence-electron chi connectivity index (χ4n) is 1.95. The molecule has 0 saturated heterocycles. The molecule has 23 heavy (non-hydrogen) atoms. The number of H-pyrrole nitrogens is 1. The summed E-state index contributed by atoms with van der Waals surface area (Å²) in [6.07, 6.45) is 1.31. The molecular weight excluding hydrogens is 302 g/mol. The fourth-order valence-corrected chi connectivity index (χ4v) is 1.95. The van der Waals surface area contributed by atoms with Gasteiger partial charge in [-0.2, -0.15) is 0 Å². The molecule has 2 aromatic rings. The third-order valence-corrected chi connectivity index (χ3v) is 3.07. The summed E-state index contributed by atoms with van der Waals surface area (Å²) in [7, 11) is 0. The average Bonchev–Trinajstić information content (AvgIpc) is 2.48. The van der Waals surface area contributed by atoms with Gasteiger partial charge in [0.2, 0.25) is 5.91 Å². The van der Waals surface area contributed by atoms with E-state index in [0.29, 0.717) is 11.3 Å². The molecule has 1 heterocycles. The Balaban J connectivity index is 1.90. The number of carboxylic acids is 1. The first kappa shape index (κ1) is 16.2. The number of nitrogens with zero attached hydrogens (tertiary/aromatic N) is 1. The number of hydrogen-bond acceptors (Lipinski definition) is 4. The monoisotopic (exact) mass is 317 g/mol. The molecule has 120 valence electrons. The Morgan fingerprint density at radius 3 is 2.43 bits per heavy atom. The molecule has 8 nitrogen and oxygen atoms in total. The van der Waals surface area contributed by atoms with Crippen LogP contribution in [-0.2, 0) is 22.6 Å². The number of amides is 1. The lowest BCUT2D eigenvalue weighted by Crippen LogP contribution is -2.29. The van der Waals surface area contributed by atoms with Crippen molar-refractivity contribution in [2.24, 2.45) is 0 Å². The van der Waals surface area contributed by atoms with Crippen LogP contribution in [0.15, 0.2) is 46.1 Å². The second kappa shape index (κ2) is 7.21. The second-order valence-electron chi connectivity index (χ2n) is 4.87. The third-order valence-electron chi connectivity index (χ3n) is 3.07. The fraction of sp³-hybridized carbons (Fsp3) is 0.200. The zero-order valence-electron chi connectivity index (χ0n) is 12.1. The van der Waals surface area contributed by atoms with Crippen LogP contribution in [-0.4, -0.2) is 26.5 Å². The largest absolute Gasteiger partial charge is 0.481 e. The molecule has 0 aliphatic carbocycles. The van der Waals surface area contributed by atoms with E-state index in [-0.39, 0.29) is 25.3 Å². The van der Waals surface area contributed by atoms with Crippen molar-refractivity contribution in [1.29, 1.82) is 0 Å². The van der Waals surface area contributed by atoms with Crippen LogP contribution in [0.1, 0.15) is 12.0 Å². The van der Waals surface area contributed by atoms with E-state index in [1.165, 1.54) is 16.8 Å². The van der Waals surface area contributed by atoms with Crippen molar-refractivity contribution in [1.82, 2.24) is 9.55 Å². The van der Waals surface area contributed by atoms with Gasteiger partial charge in [-0.1, -0.05) is 12.1 Å². The number of nitrogens with one attached hydrogen (secondary N) is 2. The standard InChI is InChI=1S/C15H15N3O5/c19-12(5-7-18-8-6-13(20)17-15(18)23)16-11-3-1-10(2-4-11)9-14(21)22/h1-4,6,8H,5,7,9H2,(H,16,19)(H,21,22)(H,17,20,23). The van der Waals surface area contributed by atoms with Crippen LogP contribution >= 0.6 is 0 Å². The van der Waals surface area contributed by atoms with Gasteiger partial charge in [-0.15, -0.1) is 0 Å². The van der Waals surface area contributed by atoms with Gasteiger partial charge in [0.05, 0.1) is 6.42 Å². The van der Waals surface area contributed by atoms with Crippen molar-refractivity contribution in [2.45, 2.75) is 19.4 Å². The molecule has 2 rings (SSSR count). The Bertz CT molecular complexity index is 820. The Labute approximate surface area is 130 Å². The van der Waals surface area contributed by atoms with E-state index in [9.17, 15) is 19.2 Å². The number of hydrogen-bond donors (Lipinski definition) is 3. The van der Waals surface area contributed by atoms with Gasteiger partial charge < -0.3 is 15.0 Å². The summed E-state index contributed by atoms with van der Waals surface area (Å²) in [5.74, 6) is -1.22. The molecule has 0 bridgehead atoms. The zero-order chi connectivity index (χ0) is 16.8. The van der Waals surface area contributed by atoms with E-state index in [0.717, 1.165) is 0 Å². The summed E-state index contributed by atoms with van der Waals surface area (Å²) in [6.45, 7) is 0.137. The first-order valence-corrected chi connectivity index (χ1v) is 6.84. The first-order chi connectivity index (χ1) is 10.9. The number of carbonyl (C=O) groups is 2. The van der Waals surface area contributed by atoms with Crippen LogP contribution in [0.2, 0.25) is 0 Å². The molecule has 0 atom stereocenters. The molecule has 0 aliphatic heterocycles. The van der Waals surface area contributed by atoms with Crippen molar-refractivity contribution in [3.8, 4) is 0 Å². The Morgan fingerprint density at radius 1 is 1.13 bits per heavy atom. The molecule has 0 spiro atoms. The summed E-state index contributed by atoms with van der Waals surface area (Å²) in [5.41, 5.74) is 0.119. The van der Waals surface area contributed by atoms with E-state index in [4.69, 9.17) is 5.11 Å². The summed E-state index contributed by atoms with van der Waals surface area (Å²) in [4.78, 5) is 46.9. The van der Waals surface area contributed by atoms with Crippen LogP contribution in [0.25, 0.3) is 0 Å². The van der Waals surface area contributed by atoms with E-state index in [2.05, 4.69) is 10.3 Å².